The highest BCUT2D eigenvalue weighted by Crippen LogP contribution is 2.17. The van der Waals surface area contributed by atoms with Crippen LogP contribution in [0.1, 0.15) is 32.9 Å². The van der Waals surface area contributed by atoms with Crippen molar-refractivity contribution >= 4 is 5.91 Å². The van der Waals surface area contributed by atoms with Crippen molar-refractivity contribution < 1.29 is 4.79 Å². The number of pyridine rings is 1. The van der Waals surface area contributed by atoms with Crippen LogP contribution in [0.4, 0.5) is 0 Å². The lowest BCUT2D eigenvalue weighted by molar-refractivity contribution is 0.0946. The summed E-state index contributed by atoms with van der Waals surface area (Å²) in [7, 11) is 0. The molecule has 120 valence electrons. The van der Waals surface area contributed by atoms with Crippen molar-refractivity contribution in [2.75, 3.05) is 19.6 Å². The molecular formula is C19H23N3O. The minimum absolute atomic E-state index is 0.0348. The van der Waals surface area contributed by atoms with E-state index in [4.69, 9.17) is 0 Å². The molecule has 0 spiro atoms. The maximum atomic E-state index is 12.2. The Hall–Kier alpha value is -2.20. The molecule has 4 heteroatoms. The molecule has 0 unspecified atom stereocenters. The first-order valence-corrected chi connectivity index (χ1v) is 8.15. The molecule has 1 N–H and O–H groups in total. The molecule has 4 nitrogen and oxygen atoms in total. The van der Waals surface area contributed by atoms with Crippen molar-refractivity contribution in [1.82, 2.24) is 15.2 Å². The number of aryl methyl sites for hydroxylation is 2. The molecule has 0 fully saturated rings. The molecule has 0 saturated heterocycles. The topological polar surface area (TPSA) is 45.2 Å². The molecule has 0 saturated carbocycles. The van der Waals surface area contributed by atoms with Gasteiger partial charge < -0.3 is 5.32 Å². The normalized spacial score (nSPS) is 14.3. The van der Waals surface area contributed by atoms with Gasteiger partial charge in [-0.1, -0.05) is 24.3 Å². The Morgan fingerprint density at radius 1 is 1.17 bits per heavy atom. The average Bonchev–Trinajstić information content (AvgIpc) is 2.54. The van der Waals surface area contributed by atoms with E-state index < -0.39 is 0 Å². The summed E-state index contributed by atoms with van der Waals surface area (Å²) in [5, 5.41) is 3.01. The number of rotatable bonds is 4. The van der Waals surface area contributed by atoms with Gasteiger partial charge in [-0.15, -0.1) is 0 Å². The van der Waals surface area contributed by atoms with Gasteiger partial charge in [-0.2, -0.15) is 0 Å². The highest BCUT2D eigenvalue weighted by molar-refractivity contribution is 5.95. The van der Waals surface area contributed by atoms with Gasteiger partial charge in [0.1, 0.15) is 0 Å². The van der Waals surface area contributed by atoms with Gasteiger partial charge in [0, 0.05) is 31.9 Å². The molecule has 3 rings (SSSR count). The zero-order valence-electron chi connectivity index (χ0n) is 13.8. The van der Waals surface area contributed by atoms with Gasteiger partial charge in [0.2, 0.25) is 0 Å². The second-order valence-electron chi connectivity index (χ2n) is 6.14. The SMILES string of the molecule is Cc1ccc(C(=O)NCCN2CCc3ccccc3C2)c(C)n1. The zero-order valence-corrected chi connectivity index (χ0v) is 13.8. The van der Waals surface area contributed by atoms with Gasteiger partial charge in [-0.05, 0) is 43.5 Å². The number of nitrogens with one attached hydrogen (secondary N) is 1. The predicted octanol–water partition coefficient (Wildman–Crippen LogP) is 2.49. The Balaban J connectivity index is 1.51. The lowest BCUT2D eigenvalue weighted by Gasteiger charge is -2.28. The number of hydrogen-bond donors (Lipinski definition) is 1. The Morgan fingerprint density at radius 3 is 2.74 bits per heavy atom. The van der Waals surface area contributed by atoms with Gasteiger partial charge in [-0.25, -0.2) is 0 Å². The fourth-order valence-electron chi connectivity index (χ4n) is 3.09. The number of fused-ring (bicyclic) bond motifs is 1. The van der Waals surface area contributed by atoms with Crippen LogP contribution in [0.3, 0.4) is 0 Å². The Kier molecular flexibility index (Phi) is 4.72. The van der Waals surface area contributed by atoms with Gasteiger partial charge in [0.15, 0.2) is 0 Å². The van der Waals surface area contributed by atoms with E-state index in [2.05, 4.69) is 39.5 Å². The molecule has 0 bridgehead atoms. The van der Waals surface area contributed by atoms with Crippen molar-refractivity contribution in [2.24, 2.45) is 0 Å². The van der Waals surface area contributed by atoms with Gasteiger partial charge in [-0.3, -0.25) is 14.7 Å². The van der Waals surface area contributed by atoms with E-state index in [0.717, 1.165) is 37.4 Å². The summed E-state index contributed by atoms with van der Waals surface area (Å²) in [6.45, 7) is 7.37. The van der Waals surface area contributed by atoms with Gasteiger partial charge >= 0.3 is 0 Å². The summed E-state index contributed by atoms with van der Waals surface area (Å²) in [6, 6.07) is 12.3. The average molecular weight is 309 g/mol. The van der Waals surface area contributed by atoms with Crippen molar-refractivity contribution in [1.29, 1.82) is 0 Å². The maximum Gasteiger partial charge on any atom is 0.253 e. The van der Waals surface area contributed by atoms with Crippen molar-refractivity contribution in [3.8, 4) is 0 Å². The van der Waals surface area contributed by atoms with Crippen LogP contribution in [0.15, 0.2) is 36.4 Å². The third-order valence-electron chi connectivity index (χ3n) is 4.39. The molecule has 1 aromatic heterocycles. The number of aromatic nitrogens is 1. The van der Waals surface area contributed by atoms with Crippen molar-refractivity contribution in [3.63, 3.8) is 0 Å². The first kappa shape index (κ1) is 15.7. The van der Waals surface area contributed by atoms with E-state index in [0.29, 0.717) is 12.1 Å². The lowest BCUT2D eigenvalue weighted by atomic mass is 10.00. The minimum atomic E-state index is -0.0348. The molecule has 0 aliphatic carbocycles. The smallest absolute Gasteiger partial charge is 0.253 e. The second-order valence-corrected chi connectivity index (χ2v) is 6.14. The molecule has 1 aliphatic rings. The van der Waals surface area contributed by atoms with E-state index in [9.17, 15) is 4.79 Å². The summed E-state index contributed by atoms with van der Waals surface area (Å²) in [5.41, 5.74) is 5.25. The highest BCUT2D eigenvalue weighted by atomic mass is 16.1. The van der Waals surface area contributed by atoms with Crippen LogP contribution in [0.2, 0.25) is 0 Å². The van der Waals surface area contributed by atoms with E-state index in [-0.39, 0.29) is 5.91 Å². The highest BCUT2D eigenvalue weighted by Gasteiger charge is 2.16. The molecular weight excluding hydrogens is 286 g/mol. The molecule has 2 aromatic rings. The number of nitrogens with zero attached hydrogens (tertiary/aromatic N) is 2. The Bertz CT molecular complexity index is 712. The summed E-state index contributed by atoms with van der Waals surface area (Å²) in [4.78, 5) is 19.0. The third kappa shape index (κ3) is 3.77. The molecule has 1 aliphatic heterocycles. The maximum absolute atomic E-state index is 12.2. The standard InChI is InChI=1S/C19H23N3O/c1-14-7-8-18(15(2)21-14)19(23)20-10-12-22-11-9-16-5-3-4-6-17(16)13-22/h3-8H,9-13H2,1-2H3,(H,20,23). The fourth-order valence-corrected chi connectivity index (χ4v) is 3.09. The van der Waals surface area contributed by atoms with Crippen LogP contribution in [0, 0.1) is 13.8 Å². The molecule has 2 heterocycles. The predicted molar refractivity (Wildman–Crippen MR) is 91.5 cm³/mol. The van der Waals surface area contributed by atoms with Crippen LogP contribution >= 0.6 is 0 Å². The van der Waals surface area contributed by atoms with Crippen LogP contribution in [0.25, 0.3) is 0 Å². The van der Waals surface area contributed by atoms with Gasteiger partial charge in [0.25, 0.3) is 5.91 Å². The zero-order chi connectivity index (χ0) is 16.2. The Labute approximate surface area is 137 Å². The molecule has 0 atom stereocenters. The Morgan fingerprint density at radius 2 is 1.96 bits per heavy atom. The van der Waals surface area contributed by atoms with E-state index in [1.807, 2.05) is 26.0 Å². The molecule has 23 heavy (non-hydrogen) atoms. The summed E-state index contributed by atoms with van der Waals surface area (Å²) < 4.78 is 0. The summed E-state index contributed by atoms with van der Waals surface area (Å²) in [6.07, 6.45) is 1.09. The number of hydrogen-bond acceptors (Lipinski definition) is 3. The third-order valence-corrected chi connectivity index (χ3v) is 4.39. The van der Waals surface area contributed by atoms with E-state index >= 15 is 0 Å². The number of carbonyl (C=O) groups excluding carboxylic acids is 1. The van der Waals surface area contributed by atoms with Crippen LogP contribution < -0.4 is 5.32 Å². The van der Waals surface area contributed by atoms with Crippen LogP contribution in [-0.4, -0.2) is 35.4 Å². The van der Waals surface area contributed by atoms with Crippen LogP contribution in [0.5, 0.6) is 0 Å². The van der Waals surface area contributed by atoms with E-state index in [1.54, 1.807) is 0 Å². The second kappa shape index (κ2) is 6.92. The van der Waals surface area contributed by atoms with Crippen molar-refractivity contribution in [3.05, 3.63) is 64.5 Å². The van der Waals surface area contributed by atoms with E-state index in [1.165, 1.54) is 11.1 Å². The molecule has 1 aromatic carbocycles. The first-order chi connectivity index (χ1) is 11.1. The molecule has 0 radical (unpaired) electrons. The quantitative estimate of drug-likeness (QED) is 0.944. The van der Waals surface area contributed by atoms with Gasteiger partial charge in [0.05, 0.1) is 11.3 Å². The number of benzene rings is 1. The number of amides is 1. The monoisotopic (exact) mass is 309 g/mol. The van der Waals surface area contributed by atoms with Crippen molar-refractivity contribution in [2.45, 2.75) is 26.8 Å². The summed E-state index contributed by atoms with van der Waals surface area (Å²) >= 11 is 0. The first-order valence-electron chi connectivity index (χ1n) is 8.15. The molecule has 1 amide bonds. The van der Waals surface area contributed by atoms with Crippen LogP contribution in [-0.2, 0) is 13.0 Å². The number of carbonyl (C=O) groups is 1. The lowest BCUT2D eigenvalue weighted by Crippen LogP contribution is -2.38. The summed E-state index contributed by atoms with van der Waals surface area (Å²) in [5.74, 6) is -0.0348. The largest absolute Gasteiger partial charge is 0.351 e. The fraction of sp³-hybridized carbons (Fsp3) is 0.368. The minimum Gasteiger partial charge on any atom is -0.351 e.